The Morgan fingerprint density at radius 2 is 1.78 bits per heavy atom. The number of fused-ring (bicyclic) bond motifs is 3. The van der Waals surface area contributed by atoms with Gasteiger partial charge in [-0.2, -0.15) is 0 Å². The molecule has 7 nitrogen and oxygen atoms in total. The number of amides is 1. The molecule has 0 unspecified atom stereocenters. The van der Waals surface area contributed by atoms with Crippen LogP contribution in [0.2, 0.25) is 0 Å². The number of aryl methyl sites for hydroxylation is 1. The molecule has 2 aliphatic heterocycles. The van der Waals surface area contributed by atoms with Gasteiger partial charge >= 0.3 is 0 Å². The molecule has 7 heteroatoms. The molecule has 2 bridgehead atoms. The van der Waals surface area contributed by atoms with E-state index in [1.165, 1.54) is 11.1 Å². The highest BCUT2D eigenvalue weighted by Gasteiger charge is 2.22. The van der Waals surface area contributed by atoms with Crippen molar-refractivity contribution in [3.63, 3.8) is 0 Å². The number of rotatable bonds is 3. The predicted octanol–water partition coefficient (Wildman–Crippen LogP) is 4.62. The highest BCUT2D eigenvalue weighted by atomic mass is 16.5. The van der Waals surface area contributed by atoms with E-state index in [-0.39, 0.29) is 5.91 Å². The Kier molecular flexibility index (Phi) is 8.46. The maximum Gasteiger partial charge on any atom is 0.255 e. The Morgan fingerprint density at radius 3 is 2.65 bits per heavy atom. The lowest BCUT2D eigenvalue weighted by atomic mass is 9.99. The molecule has 5 rings (SSSR count). The van der Waals surface area contributed by atoms with Crippen LogP contribution in [-0.4, -0.2) is 61.4 Å². The van der Waals surface area contributed by atoms with E-state index in [9.17, 15) is 4.79 Å². The van der Waals surface area contributed by atoms with Gasteiger partial charge in [0.25, 0.3) is 5.91 Å². The van der Waals surface area contributed by atoms with Crippen LogP contribution in [0, 0.1) is 6.92 Å². The molecule has 0 radical (unpaired) electrons. The Bertz CT molecular complexity index is 1210. The monoisotopic (exact) mass is 501 g/mol. The third-order valence-electron chi connectivity index (χ3n) is 6.94. The van der Waals surface area contributed by atoms with Crippen molar-refractivity contribution in [2.24, 2.45) is 0 Å². The lowest BCUT2D eigenvalue weighted by Gasteiger charge is -2.34. The van der Waals surface area contributed by atoms with Gasteiger partial charge in [0.1, 0.15) is 12.4 Å². The summed E-state index contributed by atoms with van der Waals surface area (Å²) in [5.74, 6) is 0.613. The zero-order valence-electron chi connectivity index (χ0n) is 21.4. The van der Waals surface area contributed by atoms with Gasteiger partial charge in [0.05, 0.1) is 25.1 Å². The van der Waals surface area contributed by atoms with Crippen molar-refractivity contribution in [3.05, 3.63) is 88.7 Å². The number of carbonyl (C=O) groups excluding carboxylic acids is 1. The predicted molar refractivity (Wildman–Crippen MR) is 143 cm³/mol. The highest BCUT2D eigenvalue weighted by molar-refractivity contribution is 6.04. The van der Waals surface area contributed by atoms with Gasteiger partial charge in [-0.05, 0) is 66.3 Å². The molecular weight excluding hydrogens is 466 g/mol. The molecule has 1 fully saturated rings. The van der Waals surface area contributed by atoms with Crippen LogP contribution in [0.4, 0.5) is 5.69 Å². The molecule has 3 heterocycles. The minimum absolute atomic E-state index is 0.168. The number of hydrogen-bond acceptors (Lipinski definition) is 6. The average molecular weight is 502 g/mol. The molecule has 2 aromatic carbocycles. The molecule has 37 heavy (non-hydrogen) atoms. The Hall–Kier alpha value is -3.26. The Labute approximate surface area is 218 Å². The van der Waals surface area contributed by atoms with E-state index < -0.39 is 0 Å². The summed E-state index contributed by atoms with van der Waals surface area (Å²) in [5.41, 5.74) is 5.72. The quantitative estimate of drug-likeness (QED) is 0.565. The minimum Gasteiger partial charge on any atom is -0.491 e. The summed E-state index contributed by atoms with van der Waals surface area (Å²) >= 11 is 0. The zero-order chi connectivity index (χ0) is 25.5. The fraction of sp³-hybridized carbons (Fsp3) is 0.400. The van der Waals surface area contributed by atoms with Crippen LogP contribution in [0.25, 0.3) is 0 Å². The van der Waals surface area contributed by atoms with Crippen molar-refractivity contribution >= 4 is 11.6 Å². The van der Waals surface area contributed by atoms with Crippen molar-refractivity contribution in [1.82, 2.24) is 9.88 Å². The molecular formula is C30H35N3O4. The number of nitrogens with one attached hydrogen (secondary N) is 1. The second-order valence-electron chi connectivity index (χ2n) is 9.80. The molecule has 2 aliphatic rings. The van der Waals surface area contributed by atoms with Gasteiger partial charge in [0, 0.05) is 50.5 Å². The third kappa shape index (κ3) is 6.95. The second kappa shape index (κ2) is 12.3. The van der Waals surface area contributed by atoms with E-state index in [1.807, 2.05) is 31.2 Å². The van der Waals surface area contributed by atoms with Crippen molar-refractivity contribution < 1.29 is 19.0 Å². The van der Waals surface area contributed by atoms with Crippen molar-refractivity contribution in [3.8, 4) is 5.75 Å². The minimum atomic E-state index is -0.168. The second-order valence-corrected chi connectivity index (χ2v) is 9.80. The van der Waals surface area contributed by atoms with Crippen LogP contribution in [-0.2, 0) is 22.4 Å². The molecule has 1 N–H and O–H groups in total. The van der Waals surface area contributed by atoms with Crippen LogP contribution >= 0.6 is 0 Å². The number of nitrogens with zero attached hydrogens (tertiary/aromatic N) is 2. The fourth-order valence-corrected chi connectivity index (χ4v) is 5.05. The Morgan fingerprint density at radius 1 is 0.946 bits per heavy atom. The van der Waals surface area contributed by atoms with E-state index in [0.717, 1.165) is 56.0 Å². The normalized spacial score (nSPS) is 17.8. The van der Waals surface area contributed by atoms with Gasteiger partial charge in [-0.15, -0.1) is 0 Å². The number of aromatic nitrogens is 1. The molecule has 1 aromatic heterocycles. The molecule has 3 aromatic rings. The number of ether oxygens (including phenoxy) is 3. The average Bonchev–Trinajstić information content (AvgIpc) is 2.91. The van der Waals surface area contributed by atoms with E-state index >= 15 is 0 Å². The van der Waals surface area contributed by atoms with Crippen LogP contribution in [0.3, 0.4) is 0 Å². The largest absolute Gasteiger partial charge is 0.491 e. The first-order valence-corrected chi connectivity index (χ1v) is 13.1. The van der Waals surface area contributed by atoms with Crippen LogP contribution in [0.1, 0.15) is 45.5 Å². The lowest BCUT2D eigenvalue weighted by molar-refractivity contribution is 0.0133. The molecule has 0 saturated carbocycles. The lowest BCUT2D eigenvalue weighted by Crippen LogP contribution is -2.41. The van der Waals surface area contributed by atoms with Gasteiger partial charge in [-0.25, -0.2) is 0 Å². The van der Waals surface area contributed by atoms with Gasteiger partial charge in [0.2, 0.25) is 0 Å². The standard InChI is InChI=1S/C30H35N3O4/c1-22-15-27(20-31-19-22)32-30(34)25-5-6-29-26(18-25)17-23-3-2-4-24(16-23)21-33(9-12-36-13-14-37-29)28-7-10-35-11-8-28/h2-6,15-16,18-20,28H,7-14,17,21H2,1H3,(H,32,34). The first kappa shape index (κ1) is 25.4. The third-order valence-corrected chi connectivity index (χ3v) is 6.94. The smallest absolute Gasteiger partial charge is 0.255 e. The van der Waals surface area contributed by atoms with Gasteiger partial charge in [-0.1, -0.05) is 24.3 Å². The number of carbonyl (C=O) groups is 1. The summed E-state index contributed by atoms with van der Waals surface area (Å²) in [5, 5.41) is 2.95. The van der Waals surface area contributed by atoms with Gasteiger partial charge < -0.3 is 19.5 Å². The van der Waals surface area contributed by atoms with E-state index in [1.54, 1.807) is 12.4 Å². The van der Waals surface area contributed by atoms with Crippen molar-refractivity contribution in [2.45, 2.75) is 38.8 Å². The molecule has 0 aliphatic carbocycles. The molecule has 1 saturated heterocycles. The summed E-state index contributed by atoms with van der Waals surface area (Å²) in [6, 6.07) is 16.8. The zero-order valence-corrected chi connectivity index (χ0v) is 21.4. The number of hydrogen-bond donors (Lipinski definition) is 1. The SMILES string of the molecule is Cc1cncc(NC(=O)c2ccc3c(c2)Cc2cccc(c2)CN(C2CCOCC2)CCOCCO3)c1. The molecule has 0 atom stereocenters. The first-order valence-electron chi connectivity index (χ1n) is 13.1. The number of anilines is 1. The van der Waals surface area contributed by atoms with E-state index in [0.29, 0.717) is 43.5 Å². The summed E-state index contributed by atoms with van der Waals surface area (Å²) in [4.78, 5) is 19.7. The highest BCUT2D eigenvalue weighted by Crippen LogP contribution is 2.26. The van der Waals surface area contributed by atoms with Gasteiger partial charge in [-0.3, -0.25) is 14.7 Å². The van der Waals surface area contributed by atoms with Crippen LogP contribution in [0.5, 0.6) is 5.75 Å². The first-order chi connectivity index (χ1) is 18.1. The fourth-order valence-electron chi connectivity index (χ4n) is 5.05. The van der Waals surface area contributed by atoms with Gasteiger partial charge in [0.15, 0.2) is 0 Å². The summed E-state index contributed by atoms with van der Waals surface area (Å²) in [6.07, 6.45) is 6.20. The van der Waals surface area contributed by atoms with E-state index in [2.05, 4.69) is 39.5 Å². The van der Waals surface area contributed by atoms with Crippen LogP contribution in [0.15, 0.2) is 60.9 Å². The molecule has 0 spiro atoms. The van der Waals surface area contributed by atoms with Crippen molar-refractivity contribution in [1.29, 1.82) is 0 Å². The summed E-state index contributed by atoms with van der Waals surface area (Å²) < 4.78 is 17.7. The Balaban J connectivity index is 1.38. The molecule has 1 amide bonds. The van der Waals surface area contributed by atoms with Crippen LogP contribution < -0.4 is 10.1 Å². The number of pyridine rings is 1. The summed E-state index contributed by atoms with van der Waals surface area (Å²) in [7, 11) is 0. The van der Waals surface area contributed by atoms with Crippen molar-refractivity contribution in [2.75, 3.05) is 44.9 Å². The summed E-state index contributed by atoms with van der Waals surface area (Å²) in [6.45, 7) is 7.02. The number of benzene rings is 2. The molecule has 194 valence electrons. The van der Waals surface area contributed by atoms with E-state index in [4.69, 9.17) is 14.2 Å². The maximum atomic E-state index is 13.0. The topological polar surface area (TPSA) is 72.9 Å². The maximum absolute atomic E-state index is 13.0.